The van der Waals surface area contributed by atoms with Crippen LogP contribution in [-0.2, 0) is 6.54 Å². The lowest BCUT2D eigenvalue weighted by Crippen LogP contribution is -2.18. The molecule has 2 aromatic rings. The van der Waals surface area contributed by atoms with Crippen LogP contribution < -0.4 is 10.6 Å². The number of anilines is 1. The normalized spacial score (nSPS) is 9.83. The summed E-state index contributed by atoms with van der Waals surface area (Å²) in [6.07, 6.45) is 0. The van der Waals surface area contributed by atoms with Crippen LogP contribution in [0.5, 0.6) is 0 Å². The minimum atomic E-state index is 0.777. The summed E-state index contributed by atoms with van der Waals surface area (Å²) in [5.74, 6) is 0.807. The molecule has 0 heterocycles. The van der Waals surface area contributed by atoms with Crippen molar-refractivity contribution in [2.75, 3.05) is 5.32 Å². The molecular weight excluding hydrogens is 220 g/mol. The van der Waals surface area contributed by atoms with E-state index in [1.807, 2.05) is 30.3 Å². The number of hydrogen-bond donors (Lipinski definition) is 2. The molecule has 0 spiro atoms. The second-order valence-electron chi connectivity index (χ2n) is 4.31. The Bertz CT molecular complexity index is 500. The van der Waals surface area contributed by atoms with Crippen molar-refractivity contribution in [3.05, 3.63) is 78.1 Å². The first kappa shape index (κ1) is 12.2. The van der Waals surface area contributed by atoms with Gasteiger partial charge in [-0.1, -0.05) is 54.6 Å². The number of aryl methyl sites for hydroxylation is 1. The van der Waals surface area contributed by atoms with Crippen LogP contribution in [0.25, 0.3) is 0 Å². The molecule has 18 heavy (non-hydrogen) atoms. The summed E-state index contributed by atoms with van der Waals surface area (Å²) in [5, 5.41) is 6.48. The van der Waals surface area contributed by atoms with Gasteiger partial charge in [0.1, 0.15) is 0 Å². The van der Waals surface area contributed by atoms with Gasteiger partial charge in [0, 0.05) is 12.2 Å². The molecule has 0 radical (unpaired) electrons. The Kier molecular flexibility index (Phi) is 4.02. The number of para-hydroxylation sites is 1. The summed E-state index contributed by atoms with van der Waals surface area (Å²) in [5.41, 5.74) is 3.57. The van der Waals surface area contributed by atoms with E-state index in [0.717, 1.165) is 18.1 Å². The molecular formula is C16H18N2. The summed E-state index contributed by atoms with van der Waals surface area (Å²) in [6.45, 7) is 6.83. The molecule has 2 aromatic carbocycles. The fourth-order valence-electron chi connectivity index (χ4n) is 1.65. The van der Waals surface area contributed by atoms with Crippen molar-refractivity contribution in [1.29, 1.82) is 0 Å². The molecule has 0 unspecified atom stereocenters. The van der Waals surface area contributed by atoms with Gasteiger partial charge in [-0.3, -0.25) is 0 Å². The fraction of sp³-hybridized carbons (Fsp3) is 0.125. The van der Waals surface area contributed by atoms with Crippen molar-refractivity contribution < 1.29 is 0 Å². The predicted molar refractivity (Wildman–Crippen MR) is 77.2 cm³/mol. The Balaban J connectivity index is 1.83. The van der Waals surface area contributed by atoms with Gasteiger partial charge < -0.3 is 10.6 Å². The zero-order valence-electron chi connectivity index (χ0n) is 10.6. The monoisotopic (exact) mass is 238 g/mol. The molecule has 2 rings (SSSR count). The molecule has 0 aliphatic heterocycles. The maximum atomic E-state index is 3.96. The molecule has 2 nitrogen and oxygen atoms in total. The van der Waals surface area contributed by atoms with Crippen molar-refractivity contribution in [3.8, 4) is 0 Å². The Labute approximate surface area is 108 Å². The Hall–Kier alpha value is -2.22. The highest BCUT2D eigenvalue weighted by Crippen LogP contribution is 2.07. The molecule has 0 fully saturated rings. The fourth-order valence-corrected chi connectivity index (χ4v) is 1.65. The Morgan fingerprint density at radius 1 is 1.00 bits per heavy atom. The molecule has 0 saturated heterocycles. The summed E-state index contributed by atoms with van der Waals surface area (Å²) in [7, 11) is 0. The molecule has 0 amide bonds. The van der Waals surface area contributed by atoms with Crippen molar-refractivity contribution in [3.63, 3.8) is 0 Å². The van der Waals surface area contributed by atoms with Crippen molar-refractivity contribution in [2.45, 2.75) is 13.5 Å². The molecule has 0 aromatic heterocycles. The summed E-state index contributed by atoms with van der Waals surface area (Å²) in [4.78, 5) is 0. The van der Waals surface area contributed by atoms with Crippen LogP contribution in [0.2, 0.25) is 0 Å². The lowest BCUT2D eigenvalue weighted by Gasteiger charge is -2.12. The van der Waals surface area contributed by atoms with Crippen LogP contribution in [0.4, 0.5) is 5.69 Å². The largest absolute Gasteiger partial charge is 0.368 e. The standard InChI is InChI=1S/C16H18N2/c1-13-8-10-15(11-9-13)12-17-14(2)18-16-6-4-3-5-7-16/h3-11,17-18H,2,12H2,1H3. The Morgan fingerprint density at radius 2 is 1.67 bits per heavy atom. The van der Waals surface area contributed by atoms with Crippen molar-refractivity contribution in [1.82, 2.24) is 5.32 Å². The van der Waals surface area contributed by atoms with Gasteiger partial charge in [0.2, 0.25) is 0 Å². The molecule has 0 saturated carbocycles. The smallest absolute Gasteiger partial charge is 0.0959 e. The third-order valence-corrected chi connectivity index (χ3v) is 2.70. The van der Waals surface area contributed by atoms with Gasteiger partial charge in [-0.2, -0.15) is 0 Å². The van der Waals surface area contributed by atoms with E-state index in [9.17, 15) is 0 Å². The van der Waals surface area contributed by atoms with E-state index in [2.05, 4.69) is 48.4 Å². The zero-order chi connectivity index (χ0) is 12.8. The summed E-state index contributed by atoms with van der Waals surface area (Å²) >= 11 is 0. The second-order valence-corrected chi connectivity index (χ2v) is 4.31. The first-order chi connectivity index (χ1) is 8.74. The molecule has 0 aliphatic carbocycles. The number of benzene rings is 2. The number of hydrogen-bond acceptors (Lipinski definition) is 2. The van der Waals surface area contributed by atoms with Gasteiger partial charge in [0.25, 0.3) is 0 Å². The van der Waals surface area contributed by atoms with Gasteiger partial charge in [-0.25, -0.2) is 0 Å². The van der Waals surface area contributed by atoms with E-state index >= 15 is 0 Å². The third kappa shape index (κ3) is 3.67. The maximum Gasteiger partial charge on any atom is 0.0959 e. The van der Waals surface area contributed by atoms with Crippen LogP contribution in [0.1, 0.15) is 11.1 Å². The second kappa shape index (κ2) is 5.92. The van der Waals surface area contributed by atoms with Gasteiger partial charge in [0.15, 0.2) is 0 Å². The number of nitrogens with one attached hydrogen (secondary N) is 2. The summed E-state index contributed by atoms with van der Waals surface area (Å²) in [6, 6.07) is 18.5. The average Bonchev–Trinajstić information content (AvgIpc) is 2.39. The van der Waals surface area contributed by atoms with Crippen LogP contribution in [0.3, 0.4) is 0 Å². The zero-order valence-corrected chi connectivity index (χ0v) is 10.6. The highest BCUT2D eigenvalue weighted by Gasteiger charge is 1.95. The van der Waals surface area contributed by atoms with E-state index in [4.69, 9.17) is 0 Å². The highest BCUT2D eigenvalue weighted by molar-refractivity contribution is 5.46. The van der Waals surface area contributed by atoms with Crippen molar-refractivity contribution in [2.24, 2.45) is 0 Å². The summed E-state index contributed by atoms with van der Waals surface area (Å²) < 4.78 is 0. The molecule has 2 heteroatoms. The van der Waals surface area contributed by atoms with E-state index in [1.54, 1.807) is 0 Å². The van der Waals surface area contributed by atoms with E-state index in [-0.39, 0.29) is 0 Å². The van der Waals surface area contributed by atoms with Gasteiger partial charge in [-0.15, -0.1) is 0 Å². The molecule has 92 valence electrons. The first-order valence-corrected chi connectivity index (χ1v) is 6.04. The maximum absolute atomic E-state index is 3.96. The quantitative estimate of drug-likeness (QED) is 0.830. The minimum Gasteiger partial charge on any atom is -0.368 e. The number of rotatable bonds is 5. The van der Waals surface area contributed by atoms with Crippen LogP contribution in [0, 0.1) is 6.92 Å². The third-order valence-electron chi connectivity index (χ3n) is 2.70. The predicted octanol–water partition coefficient (Wildman–Crippen LogP) is 3.67. The highest BCUT2D eigenvalue weighted by atomic mass is 15.1. The van der Waals surface area contributed by atoms with Gasteiger partial charge in [0.05, 0.1) is 5.82 Å². The molecule has 0 bridgehead atoms. The first-order valence-electron chi connectivity index (χ1n) is 6.04. The topological polar surface area (TPSA) is 24.1 Å². The van der Waals surface area contributed by atoms with Crippen LogP contribution in [-0.4, -0.2) is 0 Å². The molecule has 0 atom stereocenters. The lowest BCUT2D eigenvalue weighted by atomic mass is 10.1. The molecule has 0 aliphatic rings. The Morgan fingerprint density at radius 3 is 2.33 bits per heavy atom. The van der Waals surface area contributed by atoms with Crippen LogP contribution in [0.15, 0.2) is 67.0 Å². The minimum absolute atomic E-state index is 0.777. The van der Waals surface area contributed by atoms with E-state index < -0.39 is 0 Å². The SMILES string of the molecule is C=C(NCc1ccc(C)cc1)Nc1ccccc1. The van der Waals surface area contributed by atoms with Gasteiger partial charge >= 0.3 is 0 Å². The van der Waals surface area contributed by atoms with Crippen LogP contribution >= 0.6 is 0 Å². The van der Waals surface area contributed by atoms with Gasteiger partial charge in [-0.05, 0) is 24.6 Å². The van der Waals surface area contributed by atoms with E-state index in [0.29, 0.717) is 0 Å². The average molecular weight is 238 g/mol. The van der Waals surface area contributed by atoms with E-state index in [1.165, 1.54) is 11.1 Å². The van der Waals surface area contributed by atoms with Crippen molar-refractivity contribution >= 4 is 5.69 Å². The lowest BCUT2D eigenvalue weighted by molar-refractivity contribution is 0.820. The molecule has 2 N–H and O–H groups in total.